The van der Waals surface area contributed by atoms with Crippen LogP contribution in [-0.2, 0) is 5.54 Å². The van der Waals surface area contributed by atoms with Crippen LogP contribution in [0.4, 0.5) is 0 Å². The standard InChI is InChI=1S/C8H11N3O/c1-12-6-4-10-7(11-5-6)8(9)2-3-8/h4-5H,2-3,9H2,1H3. The Labute approximate surface area is 70.8 Å². The Morgan fingerprint density at radius 2 is 2.00 bits per heavy atom. The Balaban J connectivity index is 2.25. The Hall–Kier alpha value is -1.16. The van der Waals surface area contributed by atoms with Crippen molar-refractivity contribution in [1.29, 1.82) is 0 Å². The molecule has 12 heavy (non-hydrogen) atoms. The lowest BCUT2D eigenvalue weighted by atomic mass is 10.3. The molecule has 0 amide bonds. The monoisotopic (exact) mass is 165 g/mol. The summed E-state index contributed by atoms with van der Waals surface area (Å²) in [7, 11) is 1.59. The summed E-state index contributed by atoms with van der Waals surface area (Å²) in [4.78, 5) is 8.24. The van der Waals surface area contributed by atoms with E-state index in [1.54, 1.807) is 19.5 Å². The number of aromatic nitrogens is 2. The predicted molar refractivity (Wildman–Crippen MR) is 43.7 cm³/mol. The second kappa shape index (κ2) is 2.42. The van der Waals surface area contributed by atoms with Gasteiger partial charge in [0.25, 0.3) is 0 Å². The van der Waals surface area contributed by atoms with Crippen LogP contribution in [-0.4, -0.2) is 17.1 Å². The van der Waals surface area contributed by atoms with Crippen molar-refractivity contribution in [2.45, 2.75) is 18.4 Å². The number of ether oxygens (including phenoxy) is 1. The lowest BCUT2D eigenvalue weighted by Crippen LogP contribution is -2.21. The first-order valence-corrected chi connectivity index (χ1v) is 3.90. The molecular formula is C8H11N3O. The average molecular weight is 165 g/mol. The number of hydrogen-bond donors (Lipinski definition) is 1. The predicted octanol–water partition coefficient (Wildman–Crippen LogP) is 0.433. The van der Waals surface area contributed by atoms with Gasteiger partial charge in [-0.05, 0) is 12.8 Å². The molecule has 4 heteroatoms. The average Bonchev–Trinajstić information content (AvgIpc) is 2.85. The SMILES string of the molecule is COc1cnc(C2(N)CC2)nc1. The third-order valence-corrected chi connectivity index (χ3v) is 2.10. The molecule has 1 aliphatic rings. The number of methoxy groups -OCH3 is 1. The molecule has 4 nitrogen and oxygen atoms in total. The van der Waals surface area contributed by atoms with Crippen molar-refractivity contribution in [3.05, 3.63) is 18.2 Å². The van der Waals surface area contributed by atoms with Crippen molar-refractivity contribution in [2.24, 2.45) is 5.73 Å². The van der Waals surface area contributed by atoms with E-state index in [2.05, 4.69) is 9.97 Å². The molecule has 1 aliphatic carbocycles. The highest BCUT2D eigenvalue weighted by molar-refractivity contribution is 5.19. The second-order valence-corrected chi connectivity index (χ2v) is 3.10. The first kappa shape index (κ1) is 7.49. The molecule has 0 unspecified atom stereocenters. The molecule has 1 fully saturated rings. The lowest BCUT2D eigenvalue weighted by molar-refractivity contribution is 0.409. The highest BCUT2D eigenvalue weighted by Crippen LogP contribution is 2.40. The molecule has 2 N–H and O–H groups in total. The van der Waals surface area contributed by atoms with E-state index in [-0.39, 0.29) is 5.54 Å². The van der Waals surface area contributed by atoms with E-state index >= 15 is 0 Å². The zero-order valence-corrected chi connectivity index (χ0v) is 6.95. The number of rotatable bonds is 2. The molecule has 0 bridgehead atoms. The maximum atomic E-state index is 5.89. The second-order valence-electron chi connectivity index (χ2n) is 3.10. The summed E-state index contributed by atoms with van der Waals surface area (Å²) in [5, 5.41) is 0. The highest BCUT2D eigenvalue weighted by Gasteiger charge is 2.42. The van der Waals surface area contributed by atoms with E-state index in [1.807, 2.05) is 0 Å². The fourth-order valence-electron chi connectivity index (χ4n) is 1.04. The summed E-state index contributed by atoms with van der Waals surface area (Å²) in [6, 6.07) is 0. The largest absolute Gasteiger partial charge is 0.494 e. The zero-order valence-electron chi connectivity index (χ0n) is 6.95. The van der Waals surface area contributed by atoms with Crippen LogP contribution in [0.2, 0.25) is 0 Å². The molecule has 1 saturated carbocycles. The summed E-state index contributed by atoms with van der Waals surface area (Å²) in [6.45, 7) is 0. The van der Waals surface area contributed by atoms with Crippen LogP contribution in [0.3, 0.4) is 0 Å². The van der Waals surface area contributed by atoms with Crippen molar-refractivity contribution >= 4 is 0 Å². The molecule has 1 aromatic rings. The number of nitrogens with zero attached hydrogens (tertiary/aromatic N) is 2. The van der Waals surface area contributed by atoms with Gasteiger partial charge in [0, 0.05) is 0 Å². The van der Waals surface area contributed by atoms with Gasteiger partial charge in [0.15, 0.2) is 5.75 Å². The molecule has 1 aromatic heterocycles. The van der Waals surface area contributed by atoms with Gasteiger partial charge in [0.1, 0.15) is 5.82 Å². The van der Waals surface area contributed by atoms with Gasteiger partial charge in [-0.2, -0.15) is 0 Å². The third kappa shape index (κ3) is 1.14. The summed E-state index contributed by atoms with van der Waals surface area (Å²) in [6.07, 6.45) is 5.27. The maximum Gasteiger partial charge on any atom is 0.155 e. The molecule has 0 spiro atoms. The van der Waals surface area contributed by atoms with Gasteiger partial charge in [-0.1, -0.05) is 0 Å². The van der Waals surface area contributed by atoms with E-state index < -0.39 is 0 Å². The summed E-state index contributed by atoms with van der Waals surface area (Å²) >= 11 is 0. The molecular weight excluding hydrogens is 154 g/mol. The van der Waals surface area contributed by atoms with Crippen LogP contribution >= 0.6 is 0 Å². The third-order valence-electron chi connectivity index (χ3n) is 2.10. The smallest absolute Gasteiger partial charge is 0.155 e. The van der Waals surface area contributed by atoms with Crippen molar-refractivity contribution in [1.82, 2.24) is 9.97 Å². The summed E-state index contributed by atoms with van der Waals surface area (Å²) in [5.74, 6) is 1.39. The number of nitrogens with two attached hydrogens (primary N) is 1. The minimum Gasteiger partial charge on any atom is -0.494 e. The lowest BCUT2D eigenvalue weighted by Gasteiger charge is -2.06. The van der Waals surface area contributed by atoms with Crippen molar-refractivity contribution < 1.29 is 4.74 Å². The zero-order chi connectivity index (χ0) is 8.60. The van der Waals surface area contributed by atoms with Crippen molar-refractivity contribution in [2.75, 3.05) is 7.11 Å². The van der Waals surface area contributed by atoms with Gasteiger partial charge < -0.3 is 10.5 Å². The van der Waals surface area contributed by atoms with Gasteiger partial charge in [-0.25, -0.2) is 9.97 Å². The molecule has 0 aliphatic heterocycles. The van der Waals surface area contributed by atoms with Gasteiger partial charge in [-0.3, -0.25) is 0 Å². The van der Waals surface area contributed by atoms with Crippen LogP contribution in [0.1, 0.15) is 18.7 Å². The molecule has 0 saturated heterocycles. The molecule has 0 aromatic carbocycles. The highest BCUT2D eigenvalue weighted by atomic mass is 16.5. The van der Waals surface area contributed by atoms with Crippen molar-refractivity contribution in [3.8, 4) is 5.75 Å². The summed E-state index contributed by atoms with van der Waals surface area (Å²) in [5.41, 5.74) is 5.65. The Kier molecular flexibility index (Phi) is 1.51. The molecule has 2 rings (SSSR count). The molecule has 1 heterocycles. The van der Waals surface area contributed by atoms with E-state index in [4.69, 9.17) is 10.5 Å². The van der Waals surface area contributed by atoms with Crippen molar-refractivity contribution in [3.63, 3.8) is 0 Å². The van der Waals surface area contributed by atoms with Crippen LogP contribution in [0.5, 0.6) is 5.75 Å². The Bertz CT molecular complexity index is 279. The molecule has 64 valence electrons. The van der Waals surface area contributed by atoms with E-state index in [1.165, 1.54) is 0 Å². The van der Waals surface area contributed by atoms with Crippen LogP contribution in [0.25, 0.3) is 0 Å². The van der Waals surface area contributed by atoms with Gasteiger partial charge in [0.05, 0.1) is 25.0 Å². The van der Waals surface area contributed by atoms with Crippen LogP contribution < -0.4 is 10.5 Å². The number of hydrogen-bond acceptors (Lipinski definition) is 4. The minimum absolute atomic E-state index is 0.244. The summed E-state index contributed by atoms with van der Waals surface area (Å²) < 4.78 is 4.94. The normalized spacial score (nSPS) is 18.8. The fraction of sp³-hybridized carbons (Fsp3) is 0.500. The molecule has 0 radical (unpaired) electrons. The fourth-order valence-corrected chi connectivity index (χ4v) is 1.04. The topological polar surface area (TPSA) is 61.0 Å². The van der Waals surface area contributed by atoms with E-state index in [0.717, 1.165) is 18.7 Å². The van der Waals surface area contributed by atoms with Crippen LogP contribution in [0, 0.1) is 0 Å². The van der Waals surface area contributed by atoms with Gasteiger partial charge in [0.2, 0.25) is 0 Å². The first-order valence-electron chi connectivity index (χ1n) is 3.90. The Morgan fingerprint density at radius 3 is 2.42 bits per heavy atom. The maximum absolute atomic E-state index is 5.89. The minimum atomic E-state index is -0.244. The van der Waals surface area contributed by atoms with Gasteiger partial charge >= 0.3 is 0 Å². The van der Waals surface area contributed by atoms with E-state index in [9.17, 15) is 0 Å². The van der Waals surface area contributed by atoms with Gasteiger partial charge in [-0.15, -0.1) is 0 Å². The quantitative estimate of drug-likeness (QED) is 0.690. The van der Waals surface area contributed by atoms with Crippen LogP contribution in [0.15, 0.2) is 12.4 Å². The Morgan fingerprint density at radius 1 is 1.42 bits per heavy atom. The first-order chi connectivity index (χ1) is 5.74. The van der Waals surface area contributed by atoms with E-state index in [0.29, 0.717) is 5.75 Å². The molecule has 0 atom stereocenters.